The summed E-state index contributed by atoms with van der Waals surface area (Å²) >= 11 is 0. The Bertz CT molecular complexity index is 307. The average molecular weight is 375 g/mol. The zero-order chi connectivity index (χ0) is 19.5. The highest BCUT2D eigenvalue weighted by molar-refractivity contribution is 5.69. The van der Waals surface area contributed by atoms with Crippen molar-refractivity contribution in [3.05, 3.63) is 0 Å². The molecule has 0 aliphatic heterocycles. The van der Waals surface area contributed by atoms with Gasteiger partial charge in [-0.15, -0.1) is 0 Å². The van der Waals surface area contributed by atoms with E-state index in [1.54, 1.807) is 0 Å². The smallest absolute Gasteiger partial charge is 0.305 e. The van der Waals surface area contributed by atoms with Crippen LogP contribution in [0.15, 0.2) is 0 Å². The van der Waals surface area contributed by atoms with Crippen molar-refractivity contribution in [1.82, 2.24) is 0 Å². The minimum atomic E-state index is -0.113. The lowest BCUT2D eigenvalue weighted by molar-refractivity contribution is -0.145. The standard InChI is InChI=1S/C21H42O5/c1-5-7-9-20(6-2)18-26-21(22)10-8-12-23-14-16-25-17-15-24-13-11-19(3)4/h19-20H,5-18H2,1-4H3. The molecule has 0 heterocycles. The van der Waals surface area contributed by atoms with Crippen LogP contribution in [-0.2, 0) is 23.7 Å². The molecule has 0 fully saturated rings. The van der Waals surface area contributed by atoms with E-state index < -0.39 is 0 Å². The Morgan fingerprint density at radius 3 is 2.00 bits per heavy atom. The summed E-state index contributed by atoms with van der Waals surface area (Å²) in [6, 6.07) is 0. The normalized spacial score (nSPS) is 12.5. The van der Waals surface area contributed by atoms with E-state index in [4.69, 9.17) is 18.9 Å². The highest BCUT2D eigenvalue weighted by Gasteiger charge is 2.09. The van der Waals surface area contributed by atoms with Crippen LogP contribution in [0.3, 0.4) is 0 Å². The number of esters is 1. The molecule has 0 saturated carbocycles. The van der Waals surface area contributed by atoms with E-state index in [2.05, 4.69) is 27.7 Å². The lowest BCUT2D eigenvalue weighted by Gasteiger charge is -2.14. The number of carbonyl (C=O) groups is 1. The molecule has 5 heteroatoms. The fourth-order valence-corrected chi connectivity index (χ4v) is 2.36. The van der Waals surface area contributed by atoms with Crippen LogP contribution in [0, 0.1) is 11.8 Å². The largest absolute Gasteiger partial charge is 0.465 e. The minimum Gasteiger partial charge on any atom is -0.465 e. The molecule has 5 nitrogen and oxygen atoms in total. The number of rotatable bonds is 19. The Balaban J connectivity index is 3.32. The van der Waals surface area contributed by atoms with Gasteiger partial charge in [0.1, 0.15) is 0 Å². The van der Waals surface area contributed by atoms with E-state index in [1.807, 2.05) is 0 Å². The summed E-state index contributed by atoms with van der Waals surface area (Å²) in [5.74, 6) is 1.07. The number of carbonyl (C=O) groups excluding carboxylic acids is 1. The number of unbranched alkanes of at least 4 members (excludes halogenated alkanes) is 1. The minimum absolute atomic E-state index is 0.113. The van der Waals surface area contributed by atoms with E-state index in [1.165, 1.54) is 12.8 Å². The van der Waals surface area contributed by atoms with Crippen molar-refractivity contribution >= 4 is 5.97 Å². The SMILES string of the molecule is CCCCC(CC)COC(=O)CCCOCCOCCOCCC(C)C. The first-order valence-corrected chi connectivity index (χ1v) is 10.5. The molecule has 0 aromatic heterocycles. The molecule has 0 saturated heterocycles. The van der Waals surface area contributed by atoms with Crippen LogP contribution in [0.5, 0.6) is 0 Å². The van der Waals surface area contributed by atoms with Crippen LogP contribution in [0.2, 0.25) is 0 Å². The Labute approximate surface area is 161 Å². The van der Waals surface area contributed by atoms with Gasteiger partial charge in [-0.3, -0.25) is 4.79 Å². The molecule has 0 aromatic carbocycles. The quantitative estimate of drug-likeness (QED) is 0.244. The lowest BCUT2D eigenvalue weighted by Crippen LogP contribution is -2.14. The molecule has 0 radical (unpaired) electrons. The van der Waals surface area contributed by atoms with Crippen LogP contribution < -0.4 is 0 Å². The molecule has 1 atom stereocenters. The number of hydrogen-bond donors (Lipinski definition) is 0. The van der Waals surface area contributed by atoms with E-state index >= 15 is 0 Å². The van der Waals surface area contributed by atoms with Crippen molar-refractivity contribution in [2.24, 2.45) is 11.8 Å². The van der Waals surface area contributed by atoms with Gasteiger partial charge in [-0.25, -0.2) is 0 Å². The molecule has 0 bridgehead atoms. The third-order valence-electron chi connectivity index (χ3n) is 4.28. The Hall–Kier alpha value is -0.650. The predicted octanol–water partition coefficient (Wildman–Crippen LogP) is 4.62. The first-order chi connectivity index (χ1) is 12.6. The molecular weight excluding hydrogens is 332 g/mol. The monoisotopic (exact) mass is 374 g/mol. The van der Waals surface area contributed by atoms with Crippen LogP contribution in [0.25, 0.3) is 0 Å². The fraction of sp³-hybridized carbons (Fsp3) is 0.952. The van der Waals surface area contributed by atoms with Gasteiger partial charge in [-0.05, 0) is 31.1 Å². The highest BCUT2D eigenvalue weighted by Crippen LogP contribution is 2.13. The Morgan fingerprint density at radius 1 is 0.808 bits per heavy atom. The molecule has 0 N–H and O–H groups in total. The molecular formula is C21H42O5. The molecule has 0 rings (SSSR count). The Morgan fingerprint density at radius 2 is 1.42 bits per heavy atom. The van der Waals surface area contributed by atoms with Gasteiger partial charge in [0.2, 0.25) is 0 Å². The third kappa shape index (κ3) is 18.2. The van der Waals surface area contributed by atoms with Crippen molar-refractivity contribution < 1.29 is 23.7 Å². The Kier molecular flexibility index (Phi) is 18.6. The second-order valence-corrected chi connectivity index (χ2v) is 7.22. The highest BCUT2D eigenvalue weighted by atomic mass is 16.5. The van der Waals surface area contributed by atoms with E-state index in [0.717, 1.165) is 25.9 Å². The summed E-state index contributed by atoms with van der Waals surface area (Å²) in [5, 5.41) is 0. The first kappa shape index (κ1) is 25.4. The molecule has 0 aliphatic rings. The van der Waals surface area contributed by atoms with Crippen molar-refractivity contribution in [1.29, 1.82) is 0 Å². The van der Waals surface area contributed by atoms with E-state index in [0.29, 0.717) is 64.3 Å². The number of hydrogen-bond acceptors (Lipinski definition) is 5. The topological polar surface area (TPSA) is 54.0 Å². The summed E-state index contributed by atoms with van der Waals surface area (Å²) in [7, 11) is 0. The van der Waals surface area contributed by atoms with Gasteiger partial charge in [-0.2, -0.15) is 0 Å². The van der Waals surface area contributed by atoms with Gasteiger partial charge in [0.05, 0.1) is 33.0 Å². The van der Waals surface area contributed by atoms with Crippen LogP contribution >= 0.6 is 0 Å². The second kappa shape index (κ2) is 19.1. The molecule has 0 aromatic rings. The van der Waals surface area contributed by atoms with Crippen molar-refractivity contribution in [3.8, 4) is 0 Å². The van der Waals surface area contributed by atoms with Gasteiger partial charge in [0.15, 0.2) is 0 Å². The van der Waals surface area contributed by atoms with Crippen molar-refractivity contribution in [3.63, 3.8) is 0 Å². The summed E-state index contributed by atoms with van der Waals surface area (Å²) < 4.78 is 21.7. The maximum absolute atomic E-state index is 11.7. The van der Waals surface area contributed by atoms with E-state index in [9.17, 15) is 4.79 Å². The van der Waals surface area contributed by atoms with Gasteiger partial charge in [0.25, 0.3) is 0 Å². The zero-order valence-electron chi connectivity index (χ0n) is 17.6. The van der Waals surface area contributed by atoms with E-state index in [-0.39, 0.29) is 5.97 Å². The summed E-state index contributed by atoms with van der Waals surface area (Å²) in [5.41, 5.74) is 0. The fourth-order valence-electron chi connectivity index (χ4n) is 2.36. The van der Waals surface area contributed by atoms with Crippen LogP contribution in [0.4, 0.5) is 0 Å². The second-order valence-electron chi connectivity index (χ2n) is 7.22. The van der Waals surface area contributed by atoms with Crippen molar-refractivity contribution in [2.45, 2.75) is 72.6 Å². The van der Waals surface area contributed by atoms with Gasteiger partial charge in [-0.1, -0.05) is 47.0 Å². The molecule has 26 heavy (non-hydrogen) atoms. The molecule has 156 valence electrons. The van der Waals surface area contributed by atoms with Crippen molar-refractivity contribution in [2.75, 3.05) is 46.2 Å². The lowest BCUT2D eigenvalue weighted by atomic mass is 10.0. The maximum atomic E-state index is 11.7. The average Bonchev–Trinajstić information content (AvgIpc) is 2.62. The molecule has 0 aliphatic carbocycles. The van der Waals surface area contributed by atoms with Crippen LogP contribution in [0.1, 0.15) is 72.6 Å². The zero-order valence-corrected chi connectivity index (χ0v) is 17.6. The maximum Gasteiger partial charge on any atom is 0.305 e. The van der Waals surface area contributed by atoms with Gasteiger partial charge >= 0.3 is 5.97 Å². The van der Waals surface area contributed by atoms with Gasteiger partial charge in [0, 0.05) is 19.6 Å². The molecule has 1 unspecified atom stereocenters. The first-order valence-electron chi connectivity index (χ1n) is 10.5. The molecule has 0 amide bonds. The predicted molar refractivity (Wildman–Crippen MR) is 105 cm³/mol. The summed E-state index contributed by atoms with van der Waals surface area (Å²) in [6.07, 6.45) is 6.82. The summed E-state index contributed by atoms with van der Waals surface area (Å²) in [4.78, 5) is 11.7. The van der Waals surface area contributed by atoms with Gasteiger partial charge < -0.3 is 18.9 Å². The third-order valence-corrected chi connectivity index (χ3v) is 4.28. The number of ether oxygens (including phenoxy) is 4. The van der Waals surface area contributed by atoms with Crippen LogP contribution in [-0.4, -0.2) is 52.2 Å². The summed E-state index contributed by atoms with van der Waals surface area (Å²) in [6.45, 7) is 13.0. The molecule has 0 spiro atoms.